The zero-order valence-electron chi connectivity index (χ0n) is 6.72. The Hall–Kier alpha value is -0.120. The maximum Gasteiger partial charge on any atom is 0.0430 e. The summed E-state index contributed by atoms with van der Waals surface area (Å²) >= 11 is 0. The highest BCUT2D eigenvalue weighted by Gasteiger charge is 2.49. The second kappa shape index (κ2) is 2.49. The molecule has 0 spiro atoms. The van der Waals surface area contributed by atoms with E-state index in [4.69, 9.17) is 11.5 Å². The van der Waals surface area contributed by atoms with Crippen LogP contribution in [0.4, 0.5) is 0 Å². The van der Waals surface area contributed by atoms with Gasteiger partial charge in [-0.2, -0.15) is 0 Å². The van der Waals surface area contributed by atoms with Gasteiger partial charge in [-0.3, -0.25) is 0 Å². The van der Waals surface area contributed by atoms with E-state index in [1.807, 2.05) is 0 Å². The molecule has 0 aromatic carbocycles. The van der Waals surface area contributed by atoms with Crippen molar-refractivity contribution in [1.82, 2.24) is 5.32 Å². The summed E-state index contributed by atoms with van der Waals surface area (Å²) in [7, 11) is 0. The SMILES string of the molecule is C[C@H](NCN)[C@H]1C[C@]1(C)N. The van der Waals surface area contributed by atoms with Crippen LogP contribution >= 0.6 is 0 Å². The molecular weight excluding hydrogens is 126 g/mol. The zero-order valence-corrected chi connectivity index (χ0v) is 6.72. The monoisotopic (exact) mass is 143 g/mol. The van der Waals surface area contributed by atoms with Gasteiger partial charge in [0, 0.05) is 18.2 Å². The molecule has 0 bridgehead atoms. The van der Waals surface area contributed by atoms with Crippen molar-refractivity contribution >= 4 is 0 Å². The molecular formula is C7H17N3. The fourth-order valence-corrected chi connectivity index (χ4v) is 1.49. The standard InChI is InChI=1S/C7H17N3/c1-5(10-4-8)6-3-7(6,2)9/h5-6,10H,3-4,8-9H2,1-2H3/t5-,6+,7-/m0/s1. The highest BCUT2D eigenvalue weighted by Crippen LogP contribution is 2.42. The number of nitrogens with two attached hydrogens (primary N) is 2. The van der Waals surface area contributed by atoms with Crippen LogP contribution in [0.25, 0.3) is 0 Å². The number of hydrogen-bond acceptors (Lipinski definition) is 3. The van der Waals surface area contributed by atoms with E-state index in [9.17, 15) is 0 Å². The maximum atomic E-state index is 5.86. The highest BCUT2D eigenvalue weighted by molar-refractivity contribution is 5.08. The molecule has 0 heterocycles. The van der Waals surface area contributed by atoms with Gasteiger partial charge in [0.15, 0.2) is 0 Å². The molecule has 0 aromatic heterocycles. The van der Waals surface area contributed by atoms with Gasteiger partial charge in [-0.1, -0.05) is 0 Å². The third kappa shape index (κ3) is 1.48. The Kier molecular flexibility index (Phi) is 1.99. The topological polar surface area (TPSA) is 64.1 Å². The molecule has 0 aliphatic heterocycles. The van der Waals surface area contributed by atoms with Gasteiger partial charge in [0.05, 0.1) is 0 Å². The third-order valence-corrected chi connectivity index (χ3v) is 2.39. The molecule has 3 nitrogen and oxygen atoms in total. The highest BCUT2D eigenvalue weighted by atomic mass is 15.0. The Morgan fingerprint density at radius 2 is 2.30 bits per heavy atom. The Morgan fingerprint density at radius 3 is 2.60 bits per heavy atom. The summed E-state index contributed by atoms with van der Waals surface area (Å²) in [5, 5.41) is 3.16. The first-order chi connectivity index (χ1) is 4.58. The normalized spacial score (nSPS) is 41.4. The van der Waals surface area contributed by atoms with E-state index in [1.165, 1.54) is 0 Å². The Morgan fingerprint density at radius 1 is 1.80 bits per heavy atom. The van der Waals surface area contributed by atoms with E-state index >= 15 is 0 Å². The van der Waals surface area contributed by atoms with Crippen LogP contribution in [-0.2, 0) is 0 Å². The summed E-state index contributed by atoms with van der Waals surface area (Å²) in [4.78, 5) is 0. The first kappa shape index (κ1) is 7.98. The molecule has 1 aliphatic rings. The van der Waals surface area contributed by atoms with Crippen molar-refractivity contribution in [3.05, 3.63) is 0 Å². The van der Waals surface area contributed by atoms with Crippen molar-refractivity contribution in [2.75, 3.05) is 6.67 Å². The summed E-state index contributed by atoms with van der Waals surface area (Å²) in [5.41, 5.74) is 11.3. The van der Waals surface area contributed by atoms with Crippen LogP contribution in [0.5, 0.6) is 0 Å². The summed E-state index contributed by atoms with van der Waals surface area (Å²) in [6.45, 7) is 4.77. The second-order valence-corrected chi connectivity index (χ2v) is 3.51. The van der Waals surface area contributed by atoms with Crippen molar-refractivity contribution in [2.24, 2.45) is 17.4 Å². The number of rotatable bonds is 3. The Bertz CT molecular complexity index is 122. The van der Waals surface area contributed by atoms with Crippen LogP contribution in [0.3, 0.4) is 0 Å². The molecule has 0 radical (unpaired) electrons. The summed E-state index contributed by atoms with van der Waals surface area (Å²) in [6, 6.07) is 0.472. The molecule has 0 aromatic rings. The van der Waals surface area contributed by atoms with Crippen molar-refractivity contribution in [3.8, 4) is 0 Å². The van der Waals surface area contributed by atoms with Crippen LogP contribution < -0.4 is 16.8 Å². The average Bonchev–Trinajstić information content (AvgIpc) is 2.41. The quantitative estimate of drug-likeness (QED) is 0.472. The molecule has 1 aliphatic carbocycles. The fraction of sp³-hybridized carbons (Fsp3) is 1.00. The van der Waals surface area contributed by atoms with Crippen molar-refractivity contribution < 1.29 is 0 Å². The van der Waals surface area contributed by atoms with Gasteiger partial charge in [0.2, 0.25) is 0 Å². The Balaban J connectivity index is 2.25. The Labute approximate surface area is 62.2 Å². The molecule has 0 amide bonds. The van der Waals surface area contributed by atoms with E-state index in [1.54, 1.807) is 0 Å². The molecule has 0 saturated heterocycles. The van der Waals surface area contributed by atoms with Gasteiger partial charge >= 0.3 is 0 Å². The maximum absolute atomic E-state index is 5.86. The molecule has 5 N–H and O–H groups in total. The van der Waals surface area contributed by atoms with E-state index in [0.29, 0.717) is 18.6 Å². The molecule has 3 atom stereocenters. The lowest BCUT2D eigenvalue weighted by Gasteiger charge is -2.13. The van der Waals surface area contributed by atoms with Crippen molar-refractivity contribution in [2.45, 2.75) is 31.8 Å². The minimum Gasteiger partial charge on any atom is -0.325 e. The third-order valence-electron chi connectivity index (χ3n) is 2.39. The van der Waals surface area contributed by atoms with Crippen molar-refractivity contribution in [3.63, 3.8) is 0 Å². The van der Waals surface area contributed by atoms with E-state index < -0.39 is 0 Å². The number of nitrogens with one attached hydrogen (secondary N) is 1. The smallest absolute Gasteiger partial charge is 0.0430 e. The minimum atomic E-state index is 0.0710. The fourth-order valence-electron chi connectivity index (χ4n) is 1.49. The average molecular weight is 143 g/mol. The van der Waals surface area contributed by atoms with Gasteiger partial charge in [-0.05, 0) is 26.2 Å². The first-order valence-corrected chi connectivity index (χ1v) is 3.80. The van der Waals surface area contributed by atoms with Crippen LogP contribution in [0.15, 0.2) is 0 Å². The lowest BCUT2D eigenvalue weighted by Crippen LogP contribution is -2.37. The molecule has 60 valence electrons. The van der Waals surface area contributed by atoms with E-state index in [0.717, 1.165) is 6.42 Å². The van der Waals surface area contributed by atoms with Gasteiger partial charge in [-0.15, -0.1) is 0 Å². The molecule has 0 unspecified atom stereocenters. The second-order valence-electron chi connectivity index (χ2n) is 3.51. The molecule has 1 rings (SSSR count). The van der Waals surface area contributed by atoms with Crippen LogP contribution in [-0.4, -0.2) is 18.2 Å². The largest absolute Gasteiger partial charge is 0.325 e. The molecule has 10 heavy (non-hydrogen) atoms. The summed E-state index contributed by atoms with van der Waals surface area (Å²) < 4.78 is 0. The molecule has 1 saturated carbocycles. The minimum absolute atomic E-state index is 0.0710. The van der Waals surface area contributed by atoms with Gasteiger partial charge in [0.1, 0.15) is 0 Å². The van der Waals surface area contributed by atoms with E-state index in [-0.39, 0.29) is 5.54 Å². The van der Waals surface area contributed by atoms with Gasteiger partial charge < -0.3 is 16.8 Å². The lowest BCUT2D eigenvalue weighted by molar-refractivity contribution is 0.466. The summed E-state index contributed by atoms with van der Waals surface area (Å²) in [5.74, 6) is 0.621. The number of hydrogen-bond donors (Lipinski definition) is 3. The molecule has 1 fully saturated rings. The first-order valence-electron chi connectivity index (χ1n) is 3.80. The van der Waals surface area contributed by atoms with Crippen LogP contribution in [0, 0.1) is 5.92 Å². The van der Waals surface area contributed by atoms with Gasteiger partial charge in [0.25, 0.3) is 0 Å². The van der Waals surface area contributed by atoms with Gasteiger partial charge in [-0.25, -0.2) is 0 Å². The molecule has 3 heteroatoms. The van der Waals surface area contributed by atoms with Crippen LogP contribution in [0.2, 0.25) is 0 Å². The van der Waals surface area contributed by atoms with E-state index in [2.05, 4.69) is 19.2 Å². The predicted octanol–water partition coefficient (Wildman–Crippen LogP) is -0.382. The lowest BCUT2D eigenvalue weighted by atomic mass is 10.1. The summed E-state index contributed by atoms with van der Waals surface area (Å²) in [6.07, 6.45) is 1.13. The predicted molar refractivity (Wildman–Crippen MR) is 42.4 cm³/mol. The van der Waals surface area contributed by atoms with Crippen LogP contribution in [0.1, 0.15) is 20.3 Å². The van der Waals surface area contributed by atoms with Crippen molar-refractivity contribution in [1.29, 1.82) is 0 Å². The zero-order chi connectivity index (χ0) is 7.78.